The van der Waals surface area contributed by atoms with Gasteiger partial charge in [-0.05, 0) is 34.8 Å². The standard InChI is InChI=1S/C13H18OS/c1-8-6-7-15-10(8)9(14)11-12(2,3)13(11,4)5/h6-7,11H,1-5H3. The van der Waals surface area contributed by atoms with Crippen LogP contribution in [-0.4, -0.2) is 5.78 Å². The molecule has 0 aliphatic heterocycles. The minimum Gasteiger partial charge on any atom is -0.293 e. The largest absolute Gasteiger partial charge is 0.293 e. The summed E-state index contributed by atoms with van der Waals surface area (Å²) in [6.07, 6.45) is 0. The summed E-state index contributed by atoms with van der Waals surface area (Å²) in [4.78, 5) is 13.3. The van der Waals surface area contributed by atoms with Gasteiger partial charge in [-0.1, -0.05) is 27.7 Å². The fraction of sp³-hybridized carbons (Fsp3) is 0.615. The number of carbonyl (C=O) groups excluding carboxylic acids is 1. The maximum Gasteiger partial charge on any atom is 0.177 e. The summed E-state index contributed by atoms with van der Waals surface area (Å²) >= 11 is 1.58. The highest BCUT2D eigenvalue weighted by Gasteiger charge is 2.68. The van der Waals surface area contributed by atoms with Crippen LogP contribution in [0.25, 0.3) is 0 Å². The molecule has 0 aromatic carbocycles. The van der Waals surface area contributed by atoms with Crippen molar-refractivity contribution in [2.75, 3.05) is 0 Å². The predicted octanol–water partition coefficient (Wildman–Crippen LogP) is 3.92. The minimum atomic E-state index is 0.153. The van der Waals surface area contributed by atoms with Gasteiger partial charge in [-0.3, -0.25) is 4.79 Å². The molecule has 0 unspecified atom stereocenters. The highest BCUT2D eigenvalue weighted by Crippen LogP contribution is 2.69. The first-order valence-corrected chi connectivity index (χ1v) is 6.26. The molecule has 0 spiro atoms. The third-order valence-corrected chi connectivity index (χ3v) is 5.40. The highest BCUT2D eigenvalue weighted by molar-refractivity contribution is 7.12. The van der Waals surface area contributed by atoms with Crippen molar-refractivity contribution in [1.29, 1.82) is 0 Å². The zero-order chi connectivity index (χ0) is 11.4. The number of carbonyl (C=O) groups is 1. The van der Waals surface area contributed by atoms with E-state index in [2.05, 4.69) is 27.7 Å². The number of hydrogen-bond acceptors (Lipinski definition) is 2. The van der Waals surface area contributed by atoms with Crippen LogP contribution >= 0.6 is 11.3 Å². The van der Waals surface area contributed by atoms with Gasteiger partial charge in [0.1, 0.15) is 0 Å². The Morgan fingerprint density at radius 2 is 1.80 bits per heavy atom. The van der Waals surface area contributed by atoms with E-state index >= 15 is 0 Å². The van der Waals surface area contributed by atoms with E-state index in [1.807, 2.05) is 18.4 Å². The first-order valence-electron chi connectivity index (χ1n) is 5.38. The van der Waals surface area contributed by atoms with Crippen LogP contribution in [0.3, 0.4) is 0 Å². The van der Waals surface area contributed by atoms with Crippen molar-refractivity contribution in [3.8, 4) is 0 Å². The monoisotopic (exact) mass is 222 g/mol. The molecule has 0 saturated heterocycles. The van der Waals surface area contributed by atoms with Crippen LogP contribution < -0.4 is 0 Å². The van der Waals surface area contributed by atoms with Gasteiger partial charge in [-0.15, -0.1) is 11.3 Å². The van der Waals surface area contributed by atoms with Gasteiger partial charge in [0.05, 0.1) is 4.88 Å². The molecule has 0 radical (unpaired) electrons. The smallest absolute Gasteiger partial charge is 0.177 e. The molecule has 1 heterocycles. The van der Waals surface area contributed by atoms with Crippen LogP contribution in [0, 0.1) is 23.7 Å². The van der Waals surface area contributed by atoms with Crippen LogP contribution in [0.15, 0.2) is 11.4 Å². The lowest BCUT2D eigenvalue weighted by atomic mass is 10.0. The SMILES string of the molecule is Cc1ccsc1C(=O)C1C(C)(C)C1(C)C. The van der Waals surface area contributed by atoms with Crippen molar-refractivity contribution in [3.63, 3.8) is 0 Å². The third-order valence-electron chi connectivity index (χ3n) is 4.37. The zero-order valence-electron chi connectivity index (χ0n) is 10.0. The Kier molecular flexibility index (Phi) is 2.13. The lowest BCUT2D eigenvalue weighted by Crippen LogP contribution is -2.06. The average Bonchev–Trinajstić information content (AvgIpc) is 2.48. The summed E-state index contributed by atoms with van der Waals surface area (Å²) in [7, 11) is 0. The Bertz CT molecular complexity index is 398. The van der Waals surface area contributed by atoms with E-state index in [9.17, 15) is 4.79 Å². The molecule has 1 fully saturated rings. The van der Waals surface area contributed by atoms with Crippen molar-refractivity contribution in [1.82, 2.24) is 0 Å². The number of Topliss-reactive ketones (excluding diaryl/α,β-unsaturated/α-hetero) is 1. The Balaban J connectivity index is 2.30. The van der Waals surface area contributed by atoms with E-state index < -0.39 is 0 Å². The first kappa shape index (κ1) is 10.9. The van der Waals surface area contributed by atoms with Gasteiger partial charge in [0.25, 0.3) is 0 Å². The highest BCUT2D eigenvalue weighted by atomic mass is 32.1. The van der Waals surface area contributed by atoms with Gasteiger partial charge in [0, 0.05) is 5.92 Å². The van der Waals surface area contributed by atoms with E-state index in [0.29, 0.717) is 5.78 Å². The topological polar surface area (TPSA) is 17.1 Å². The second-order valence-electron chi connectivity index (χ2n) is 5.67. The summed E-state index contributed by atoms with van der Waals surface area (Å²) in [5, 5.41) is 2.00. The van der Waals surface area contributed by atoms with Crippen LogP contribution in [-0.2, 0) is 0 Å². The number of thiophene rings is 1. The molecule has 0 N–H and O–H groups in total. The minimum absolute atomic E-state index is 0.153. The molecule has 2 heteroatoms. The molecule has 0 amide bonds. The molecule has 1 aliphatic carbocycles. The van der Waals surface area contributed by atoms with Crippen molar-refractivity contribution < 1.29 is 4.79 Å². The fourth-order valence-electron chi connectivity index (χ4n) is 2.61. The third kappa shape index (κ3) is 1.31. The number of hydrogen-bond donors (Lipinski definition) is 0. The second kappa shape index (κ2) is 2.94. The molecule has 2 rings (SSSR count). The molecule has 1 aliphatic rings. The molecule has 1 saturated carbocycles. The fourth-order valence-corrected chi connectivity index (χ4v) is 3.50. The molecule has 82 valence electrons. The molecule has 15 heavy (non-hydrogen) atoms. The lowest BCUT2D eigenvalue weighted by molar-refractivity contribution is 0.0948. The predicted molar refractivity (Wildman–Crippen MR) is 64.4 cm³/mol. The Labute approximate surface area is 95.5 Å². The lowest BCUT2D eigenvalue weighted by Gasteiger charge is -2.03. The van der Waals surface area contributed by atoms with Crippen LogP contribution in [0.2, 0.25) is 0 Å². The van der Waals surface area contributed by atoms with Gasteiger partial charge in [-0.25, -0.2) is 0 Å². The maximum atomic E-state index is 12.3. The molecule has 0 atom stereocenters. The van der Waals surface area contributed by atoms with Gasteiger partial charge in [0.2, 0.25) is 0 Å². The molecule has 1 aromatic rings. The van der Waals surface area contributed by atoms with E-state index in [-0.39, 0.29) is 16.7 Å². The molecule has 1 aromatic heterocycles. The average molecular weight is 222 g/mol. The summed E-state index contributed by atoms with van der Waals surface area (Å²) in [5.41, 5.74) is 1.43. The van der Waals surface area contributed by atoms with Gasteiger partial charge < -0.3 is 0 Å². The van der Waals surface area contributed by atoms with E-state index in [1.54, 1.807) is 11.3 Å². The second-order valence-corrected chi connectivity index (χ2v) is 6.59. The van der Waals surface area contributed by atoms with Crippen molar-refractivity contribution in [2.24, 2.45) is 16.7 Å². The van der Waals surface area contributed by atoms with Gasteiger partial charge in [0.15, 0.2) is 5.78 Å². The van der Waals surface area contributed by atoms with Crippen LogP contribution in [0.5, 0.6) is 0 Å². The van der Waals surface area contributed by atoms with Gasteiger partial charge in [-0.2, -0.15) is 0 Å². The maximum absolute atomic E-state index is 12.3. The van der Waals surface area contributed by atoms with E-state index in [1.165, 1.54) is 0 Å². The number of ketones is 1. The Hall–Kier alpha value is -0.630. The molecule has 0 bridgehead atoms. The van der Waals surface area contributed by atoms with E-state index in [0.717, 1.165) is 10.4 Å². The molecular weight excluding hydrogens is 204 g/mol. The van der Waals surface area contributed by atoms with Crippen molar-refractivity contribution >= 4 is 17.1 Å². The number of aryl methyl sites for hydroxylation is 1. The van der Waals surface area contributed by atoms with Crippen molar-refractivity contribution in [2.45, 2.75) is 34.6 Å². The summed E-state index contributed by atoms with van der Waals surface area (Å²) < 4.78 is 0. The van der Waals surface area contributed by atoms with E-state index in [4.69, 9.17) is 0 Å². The summed E-state index contributed by atoms with van der Waals surface area (Å²) in [6.45, 7) is 10.8. The molecule has 1 nitrogen and oxygen atoms in total. The Morgan fingerprint density at radius 1 is 1.27 bits per heavy atom. The summed E-state index contributed by atoms with van der Waals surface area (Å²) in [6, 6.07) is 2.03. The zero-order valence-corrected chi connectivity index (χ0v) is 10.9. The normalized spacial score (nSPS) is 22.7. The van der Waals surface area contributed by atoms with Crippen LogP contribution in [0.1, 0.15) is 42.9 Å². The van der Waals surface area contributed by atoms with Gasteiger partial charge >= 0.3 is 0 Å². The number of rotatable bonds is 2. The first-order chi connectivity index (χ1) is 6.80. The van der Waals surface area contributed by atoms with Crippen molar-refractivity contribution in [3.05, 3.63) is 21.9 Å². The van der Waals surface area contributed by atoms with Crippen LogP contribution in [0.4, 0.5) is 0 Å². The molecular formula is C13H18OS. The summed E-state index contributed by atoms with van der Waals surface area (Å²) in [5.74, 6) is 0.542. The Morgan fingerprint density at radius 3 is 2.13 bits per heavy atom. The quantitative estimate of drug-likeness (QED) is 0.693.